The van der Waals surface area contributed by atoms with Crippen LogP contribution in [0.5, 0.6) is 11.5 Å². The van der Waals surface area contributed by atoms with Crippen molar-refractivity contribution in [2.24, 2.45) is 0 Å². The number of fused-ring (bicyclic) bond motifs is 3. The molecular weight excluding hydrogens is 470 g/mol. The number of benzene rings is 3. The number of terminal acetylenes is 1. The first-order chi connectivity index (χ1) is 18.0. The van der Waals surface area contributed by atoms with E-state index in [0.29, 0.717) is 17.9 Å². The largest absolute Gasteiger partial charge is 0.496 e. The highest BCUT2D eigenvalue weighted by Gasteiger charge is 2.29. The maximum absolute atomic E-state index is 13.1. The smallest absolute Gasteiger partial charge is 0.410 e. The van der Waals surface area contributed by atoms with Crippen molar-refractivity contribution in [3.05, 3.63) is 83.4 Å². The average molecular weight is 500 g/mol. The molecule has 0 aliphatic heterocycles. The lowest BCUT2D eigenvalue weighted by Gasteiger charge is -2.23. The Kier molecular flexibility index (Phi) is 8.32. The van der Waals surface area contributed by atoms with E-state index in [1.165, 1.54) is 12.0 Å². The second-order valence-corrected chi connectivity index (χ2v) is 8.68. The van der Waals surface area contributed by atoms with Crippen LogP contribution in [0.3, 0.4) is 0 Å². The van der Waals surface area contributed by atoms with Gasteiger partial charge in [-0.1, -0.05) is 54.5 Å². The molecule has 1 aliphatic rings. The van der Waals surface area contributed by atoms with Crippen molar-refractivity contribution in [2.75, 3.05) is 26.9 Å². The minimum atomic E-state index is -0.863. The van der Waals surface area contributed by atoms with Crippen molar-refractivity contribution in [3.8, 4) is 35.0 Å². The standard InChI is InChI=1S/C30H29NO6/c1-3-16-31(19-21-14-15-22(18-28(21)35-2)36-17-8-13-29(32)33)30(34)37-20-27-25-11-6-4-9-23(25)24-10-5-7-12-26(24)27/h1,4-7,9-12,14-15,18,27H,8,13,16-17,19-20H2,2H3,(H,32,33). The normalized spacial score (nSPS) is 11.7. The maximum atomic E-state index is 13.1. The molecule has 0 atom stereocenters. The number of carbonyl (C=O) groups excluding carboxylic acids is 1. The van der Waals surface area contributed by atoms with Crippen molar-refractivity contribution in [1.29, 1.82) is 0 Å². The highest BCUT2D eigenvalue weighted by molar-refractivity contribution is 5.79. The van der Waals surface area contributed by atoms with Gasteiger partial charge in [0.25, 0.3) is 0 Å². The third kappa shape index (κ3) is 6.04. The summed E-state index contributed by atoms with van der Waals surface area (Å²) in [6.07, 6.45) is 5.49. The van der Waals surface area contributed by atoms with Crippen LogP contribution in [0.25, 0.3) is 11.1 Å². The van der Waals surface area contributed by atoms with E-state index >= 15 is 0 Å². The van der Waals surface area contributed by atoms with E-state index in [2.05, 4.69) is 30.2 Å². The summed E-state index contributed by atoms with van der Waals surface area (Å²) in [4.78, 5) is 25.2. The Morgan fingerprint density at radius 1 is 1.03 bits per heavy atom. The van der Waals surface area contributed by atoms with E-state index in [1.54, 1.807) is 18.2 Å². The van der Waals surface area contributed by atoms with E-state index in [9.17, 15) is 9.59 Å². The summed E-state index contributed by atoms with van der Waals surface area (Å²) < 4.78 is 16.9. The molecule has 0 saturated heterocycles. The fourth-order valence-electron chi connectivity index (χ4n) is 4.54. The van der Waals surface area contributed by atoms with Gasteiger partial charge < -0.3 is 19.3 Å². The zero-order chi connectivity index (χ0) is 26.2. The summed E-state index contributed by atoms with van der Waals surface area (Å²) in [6.45, 7) is 0.753. The summed E-state index contributed by atoms with van der Waals surface area (Å²) in [6, 6.07) is 21.6. The van der Waals surface area contributed by atoms with Crippen molar-refractivity contribution >= 4 is 12.1 Å². The molecule has 37 heavy (non-hydrogen) atoms. The van der Waals surface area contributed by atoms with Gasteiger partial charge in [-0.05, 0) is 40.8 Å². The van der Waals surface area contributed by atoms with Gasteiger partial charge in [-0.3, -0.25) is 9.69 Å². The van der Waals surface area contributed by atoms with Crippen LogP contribution in [0.1, 0.15) is 35.4 Å². The van der Waals surface area contributed by atoms with Crippen LogP contribution in [-0.4, -0.2) is 48.9 Å². The van der Waals surface area contributed by atoms with Gasteiger partial charge in [-0.25, -0.2) is 4.79 Å². The number of carboxylic acids is 1. The molecule has 1 N–H and O–H groups in total. The monoisotopic (exact) mass is 499 g/mol. The number of carboxylic acid groups (broad SMARTS) is 1. The number of hydrogen-bond acceptors (Lipinski definition) is 5. The van der Waals surface area contributed by atoms with Crippen molar-refractivity contribution in [3.63, 3.8) is 0 Å². The lowest BCUT2D eigenvalue weighted by atomic mass is 9.98. The van der Waals surface area contributed by atoms with Gasteiger partial charge in [-0.15, -0.1) is 6.42 Å². The highest BCUT2D eigenvalue weighted by atomic mass is 16.6. The lowest BCUT2D eigenvalue weighted by Crippen LogP contribution is -2.32. The Balaban J connectivity index is 1.42. The molecule has 0 bridgehead atoms. The molecule has 7 nitrogen and oxygen atoms in total. The van der Waals surface area contributed by atoms with Crippen LogP contribution < -0.4 is 9.47 Å². The average Bonchev–Trinajstić information content (AvgIpc) is 3.23. The predicted octanol–water partition coefficient (Wildman–Crippen LogP) is 5.32. The molecule has 3 aromatic carbocycles. The van der Waals surface area contributed by atoms with E-state index in [1.807, 2.05) is 24.3 Å². The predicted molar refractivity (Wildman–Crippen MR) is 140 cm³/mol. The Morgan fingerprint density at radius 3 is 2.32 bits per heavy atom. The van der Waals surface area contributed by atoms with Crippen LogP contribution >= 0.6 is 0 Å². The zero-order valence-corrected chi connectivity index (χ0v) is 20.7. The summed E-state index contributed by atoms with van der Waals surface area (Å²) in [5.74, 6) is 2.71. The number of carbonyl (C=O) groups is 2. The highest BCUT2D eigenvalue weighted by Crippen LogP contribution is 2.44. The Hall–Kier alpha value is -4.44. The molecule has 0 unspecified atom stereocenters. The summed E-state index contributed by atoms with van der Waals surface area (Å²) in [5.41, 5.74) is 5.34. The fraction of sp³-hybridized carbons (Fsp3) is 0.267. The summed E-state index contributed by atoms with van der Waals surface area (Å²) >= 11 is 0. The first-order valence-electron chi connectivity index (χ1n) is 12.1. The number of methoxy groups -OCH3 is 1. The molecule has 1 aliphatic carbocycles. The van der Waals surface area contributed by atoms with Crippen molar-refractivity contribution in [1.82, 2.24) is 4.90 Å². The van der Waals surface area contributed by atoms with E-state index < -0.39 is 12.1 Å². The molecule has 0 radical (unpaired) electrons. The Bertz CT molecular complexity index is 1270. The molecule has 0 heterocycles. The number of rotatable bonds is 11. The van der Waals surface area contributed by atoms with Gasteiger partial charge in [-0.2, -0.15) is 0 Å². The van der Waals surface area contributed by atoms with E-state index in [4.69, 9.17) is 25.7 Å². The molecule has 0 saturated carbocycles. The van der Waals surface area contributed by atoms with Crippen LogP contribution in [-0.2, 0) is 16.1 Å². The molecule has 0 spiro atoms. The molecule has 0 aromatic heterocycles. The van der Waals surface area contributed by atoms with Gasteiger partial charge >= 0.3 is 12.1 Å². The molecule has 7 heteroatoms. The van der Waals surface area contributed by atoms with Crippen LogP contribution in [0.2, 0.25) is 0 Å². The number of amides is 1. The van der Waals surface area contributed by atoms with Gasteiger partial charge in [0, 0.05) is 24.0 Å². The van der Waals surface area contributed by atoms with Gasteiger partial charge in [0.1, 0.15) is 18.1 Å². The molecule has 0 fully saturated rings. The van der Waals surface area contributed by atoms with Gasteiger partial charge in [0.15, 0.2) is 0 Å². The van der Waals surface area contributed by atoms with E-state index in [-0.39, 0.29) is 38.6 Å². The molecule has 190 valence electrons. The van der Waals surface area contributed by atoms with Gasteiger partial charge in [0.05, 0.1) is 26.8 Å². The SMILES string of the molecule is C#CCN(Cc1ccc(OCCCC(=O)O)cc1OC)C(=O)OCC1c2ccccc2-c2ccccc21. The van der Waals surface area contributed by atoms with E-state index in [0.717, 1.165) is 27.8 Å². The van der Waals surface area contributed by atoms with Crippen molar-refractivity contribution in [2.45, 2.75) is 25.3 Å². The Morgan fingerprint density at radius 2 is 1.70 bits per heavy atom. The first kappa shape index (κ1) is 25.6. The third-order valence-electron chi connectivity index (χ3n) is 6.30. The number of aliphatic carboxylic acids is 1. The molecule has 4 rings (SSSR count). The second-order valence-electron chi connectivity index (χ2n) is 8.68. The molecule has 3 aromatic rings. The van der Waals surface area contributed by atoms with Gasteiger partial charge in [0.2, 0.25) is 0 Å². The number of hydrogen-bond donors (Lipinski definition) is 1. The minimum absolute atomic E-state index is 0.0381. The Labute approximate surface area is 216 Å². The van der Waals surface area contributed by atoms with Crippen LogP contribution in [0.15, 0.2) is 66.7 Å². The quantitative estimate of drug-likeness (QED) is 0.284. The maximum Gasteiger partial charge on any atom is 0.410 e. The zero-order valence-electron chi connectivity index (χ0n) is 20.7. The van der Waals surface area contributed by atoms with Crippen molar-refractivity contribution < 1.29 is 28.9 Å². The topological polar surface area (TPSA) is 85.3 Å². The molecule has 1 amide bonds. The number of ether oxygens (including phenoxy) is 3. The first-order valence-corrected chi connectivity index (χ1v) is 12.1. The van der Waals surface area contributed by atoms with Crippen LogP contribution in [0, 0.1) is 12.3 Å². The lowest BCUT2D eigenvalue weighted by molar-refractivity contribution is -0.137. The fourth-order valence-corrected chi connectivity index (χ4v) is 4.54. The van der Waals surface area contributed by atoms with Crippen LogP contribution in [0.4, 0.5) is 4.79 Å². The minimum Gasteiger partial charge on any atom is -0.496 e. The number of nitrogens with zero attached hydrogens (tertiary/aromatic N) is 1. The second kappa shape index (κ2) is 12.0. The third-order valence-corrected chi connectivity index (χ3v) is 6.30. The molecular formula is C30H29NO6. The summed E-state index contributed by atoms with van der Waals surface area (Å²) in [7, 11) is 1.53. The summed E-state index contributed by atoms with van der Waals surface area (Å²) in [5, 5.41) is 8.76.